The summed E-state index contributed by atoms with van der Waals surface area (Å²) in [4.78, 5) is 33.1. The highest BCUT2D eigenvalue weighted by molar-refractivity contribution is 6.02. The van der Waals surface area contributed by atoms with Gasteiger partial charge in [-0.3, -0.25) is 4.79 Å². The average Bonchev–Trinajstić information content (AvgIpc) is 3.14. The van der Waals surface area contributed by atoms with Crippen LogP contribution in [0, 0.1) is 5.92 Å². The fraction of sp³-hybridized carbons (Fsp3) is 0.421. The number of para-hydroxylation sites is 1. The maximum Gasteiger partial charge on any atom is 0.328 e. The highest BCUT2D eigenvalue weighted by Gasteiger charge is 2.44. The smallest absolute Gasteiger partial charge is 0.328 e. The lowest BCUT2D eigenvalue weighted by Gasteiger charge is -2.28. The van der Waals surface area contributed by atoms with E-state index in [2.05, 4.69) is 4.98 Å². The van der Waals surface area contributed by atoms with E-state index in [1.165, 1.54) is 4.90 Å². The molecule has 7 heteroatoms. The number of carbonyl (C=O) groups is 2. The van der Waals surface area contributed by atoms with E-state index < -0.39 is 6.04 Å². The lowest BCUT2D eigenvalue weighted by Crippen LogP contribution is -2.39. The molecule has 138 valence electrons. The van der Waals surface area contributed by atoms with Crippen molar-refractivity contribution in [3.63, 3.8) is 0 Å². The second-order valence-corrected chi connectivity index (χ2v) is 6.86. The standard InChI is InChI=1S/C19H24N4O3/c1-13(2)11-22-12-16(24)23(19(22)25)17(18-20-9-10-21(18)3)14-7-5-6-8-15(14)26-4/h5-10,13,17H,11-12H2,1-4H3/t17-/m1/s1. The molecule has 26 heavy (non-hydrogen) atoms. The quantitative estimate of drug-likeness (QED) is 0.746. The van der Waals surface area contributed by atoms with Gasteiger partial charge in [-0.2, -0.15) is 0 Å². The summed E-state index contributed by atoms with van der Waals surface area (Å²) in [6, 6.07) is 6.48. The number of imide groups is 1. The zero-order valence-electron chi connectivity index (χ0n) is 15.5. The number of benzene rings is 1. The SMILES string of the molecule is COc1ccccc1[C@H](c1nccn1C)N1C(=O)CN(CC(C)C)C1=O. The van der Waals surface area contributed by atoms with Gasteiger partial charge in [0, 0.05) is 31.5 Å². The summed E-state index contributed by atoms with van der Waals surface area (Å²) in [7, 11) is 3.43. The molecule has 3 amide bonds. The number of urea groups is 1. The van der Waals surface area contributed by atoms with Crippen LogP contribution in [-0.2, 0) is 11.8 Å². The van der Waals surface area contributed by atoms with Crippen LogP contribution in [-0.4, -0.2) is 51.5 Å². The molecule has 1 saturated heterocycles. The van der Waals surface area contributed by atoms with Crippen molar-refractivity contribution in [2.45, 2.75) is 19.9 Å². The Balaban J connectivity index is 2.09. The Labute approximate surface area is 153 Å². The fourth-order valence-corrected chi connectivity index (χ4v) is 3.33. The molecule has 1 aromatic carbocycles. The second kappa shape index (κ2) is 7.19. The molecule has 1 fully saturated rings. The van der Waals surface area contributed by atoms with Crippen LogP contribution in [0.3, 0.4) is 0 Å². The molecule has 2 heterocycles. The van der Waals surface area contributed by atoms with E-state index in [1.54, 1.807) is 24.4 Å². The number of methoxy groups -OCH3 is 1. The van der Waals surface area contributed by atoms with Crippen LogP contribution in [0.5, 0.6) is 5.75 Å². The van der Waals surface area contributed by atoms with Gasteiger partial charge >= 0.3 is 6.03 Å². The van der Waals surface area contributed by atoms with E-state index in [4.69, 9.17) is 4.74 Å². The zero-order valence-corrected chi connectivity index (χ0v) is 15.5. The van der Waals surface area contributed by atoms with Crippen LogP contribution in [0.1, 0.15) is 31.3 Å². The first-order valence-corrected chi connectivity index (χ1v) is 8.65. The van der Waals surface area contributed by atoms with Crippen LogP contribution >= 0.6 is 0 Å². The maximum atomic E-state index is 13.0. The van der Waals surface area contributed by atoms with Crippen molar-refractivity contribution in [2.75, 3.05) is 20.2 Å². The number of aryl methyl sites for hydroxylation is 1. The van der Waals surface area contributed by atoms with Gasteiger partial charge in [0.2, 0.25) is 0 Å². The molecule has 0 aliphatic carbocycles. The summed E-state index contributed by atoms with van der Waals surface area (Å²) < 4.78 is 7.31. The first kappa shape index (κ1) is 18.0. The maximum absolute atomic E-state index is 13.0. The summed E-state index contributed by atoms with van der Waals surface area (Å²) in [5.74, 6) is 1.28. The molecule has 0 spiro atoms. The van der Waals surface area contributed by atoms with Gasteiger partial charge in [0.1, 0.15) is 24.2 Å². The van der Waals surface area contributed by atoms with Crippen LogP contribution in [0.4, 0.5) is 4.79 Å². The third-order valence-electron chi connectivity index (χ3n) is 4.45. The van der Waals surface area contributed by atoms with Crippen molar-refractivity contribution in [3.8, 4) is 5.75 Å². The van der Waals surface area contributed by atoms with Gasteiger partial charge in [0.05, 0.1) is 7.11 Å². The summed E-state index contributed by atoms with van der Waals surface area (Å²) in [6.45, 7) is 4.68. The monoisotopic (exact) mass is 356 g/mol. The van der Waals surface area contributed by atoms with Crippen molar-refractivity contribution in [3.05, 3.63) is 48.0 Å². The minimum absolute atomic E-state index is 0.0904. The Bertz CT molecular complexity index is 815. The van der Waals surface area contributed by atoms with E-state index in [9.17, 15) is 9.59 Å². The van der Waals surface area contributed by atoms with Gasteiger partial charge in [-0.1, -0.05) is 32.0 Å². The van der Waals surface area contributed by atoms with Gasteiger partial charge in [0.15, 0.2) is 0 Å². The van der Waals surface area contributed by atoms with Crippen LogP contribution in [0.2, 0.25) is 0 Å². The first-order valence-electron chi connectivity index (χ1n) is 8.65. The van der Waals surface area contributed by atoms with E-state index in [-0.39, 0.29) is 24.4 Å². The molecular formula is C19H24N4O3. The highest BCUT2D eigenvalue weighted by Crippen LogP contribution is 2.36. The number of rotatable bonds is 6. The molecule has 0 saturated carbocycles. The zero-order chi connectivity index (χ0) is 18.8. The summed E-state index contributed by atoms with van der Waals surface area (Å²) in [5, 5.41) is 0. The van der Waals surface area contributed by atoms with Gasteiger partial charge < -0.3 is 14.2 Å². The number of aromatic nitrogens is 2. The van der Waals surface area contributed by atoms with Gasteiger partial charge in [-0.15, -0.1) is 0 Å². The first-order chi connectivity index (χ1) is 12.4. The topological polar surface area (TPSA) is 67.7 Å². The lowest BCUT2D eigenvalue weighted by molar-refractivity contribution is -0.126. The molecular weight excluding hydrogens is 332 g/mol. The summed E-state index contributed by atoms with van der Waals surface area (Å²) >= 11 is 0. The fourth-order valence-electron chi connectivity index (χ4n) is 3.33. The number of hydrogen-bond donors (Lipinski definition) is 0. The highest BCUT2D eigenvalue weighted by atomic mass is 16.5. The Morgan fingerprint density at radius 3 is 2.58 bits per heavy atom. The minimum Gasteiger partial charge on any atom is -0.496 e. The van der Waals surface area contributed by atoms with E-state index in [1.807, 2.05) is 49.7 Å². The van der Waals surface area contributed by atoms with E-state index >= 15 is 0 Å². The second-order valence-electron chi connectivity index (χ2n) is 6.86. The van der Waals surface area contributed by atoms with E-state index in [0.29, 0.717) is 18.1 Å². The molecule has 1 aliphatic heterocycles. The number of imidazole rings is 1. The normalized spacial score (nSPS) is 15.9. The molecule has 2 aromatic rings. The van der Waals surface area contributed by atoms with Crippen LogP contribution in [0.15, 0.2) is 36.7 Å². The molecule has 0 radical (unpaired) electrons. The molecule has 3 rings (SSSR count). The molecule has 0 N–H and O–H groups in total. The largest absolute Gasteiger partial charge is 0.496 e. The van der Waals surface area contributed by atoms with Gasteiger partial charge in [0.25, 0.3) is 5.91 Å². The van der Waals surface area contributed by atoms with Gasteiger partial charge in [-0.05, 0) is 12.0 Å². The van der Waals surface area contributed by atoms with Crippen molar-refractivity contribution in [1.29, 1.82) is 0 Å². The minimum atomic E-state index is -0.636. The van der Waals surface area contributed by atoms with Crippen molar-refractivity contribution in [2.24, 2.45) is 13.0 Å². The Morgan fingerprint density at radius 2 is 1.96 bits per heavy atom. The predicted octanol–water partition coefficient (Wildman–Crippen LogP) is 2.44. The van der Waals surface area contributed by atoms with Crippen molar-refractivity contribution in [1.82, 2.24) is 19.4 Å². The molecule has 7 nitrogen and oxygen atoms in total. The third-order valence-corrected chi connectivity index (χ3v) is 4.45. The van der Waals surface area contributed by atoms with Crippen molar-refractivity contribution >= 4 is 11.9 Å². The number of hydrogen-bond acceptors (Lipinski definition) is 4. The lowest BCUT2D eigenvalue weighted by atomic mass is 10.0. The Hall–Kier alpha value is -2.83. The molecule has 1 aliphatic rings. The molecule has 1 aromatic heterocycles. The predicted molar refractivity (Wildman–Crippen MR) is 96.7 cm³/mol. The van der Waals surface area contributed by atoms with Gasteiger partial charge in [-0.25, -0.2) is 14.7 Å². The Kier molecular flexibility index (Phi) is 4.97. The molecule has 0 bridgehead atoms. The number of amides is 3. The summed E-state index contributed by atoms with van der Waals surface area (Å²) in [5.41, 5.74) is 0.734. The van der Waals surface area contributed by atoms with E-state index in [0.717, 1.165) is 5.56 Å². The Morgan fingerprint density at radius 1 is 1.23 bits per heavy atom. The molecule has 1 atom stereocenters. The van der Waals surface area contributed by atoms with Crippen LogP contribution < -0.4 is 4.74 Å². The third kappa shape index (κ3) is 3.16. The average molecular weight is 356 g/mol. The van der Waals surface area contributed by atoms with Crippen molar-refractivity contribution < 1.29 is 14.3 Å². The summed E-state index contributed by atoms with van der Waals surface area (Å²) in [6.07, 6.45) is 3.46. The number of nitrogens with zero attached hydrogens (tertiary/aromatic N) is 4. The van der Waals surface area contributed by atoms with Crippen LogP contribution in [0.25, 0.3) is 0 Å². The number of carbonyl (C=O) groups excluding carboxylic acids is 2. The molecule has 0 unspecified atom stereocenters. The number of ether oxygens (including phenoxy) is 1.